The molecule has 4 heteroatoms. The van der Waals surface area contributed by atoms with E-state index in [1.54, 1.807) is 12.1 Å². The lowest BCUT2D eigenvalue weighted by Crippen LogP contribution is -1.90. The Morgan fingerprint density at radius 3 is 2.11 bits per heavy atom. The minimum atomic E-state index is -0.453. The van der Waals surface area contributed by atoms with Gasteiger partial charge in [-0.2, -0.15) is 5.26 Å². The number of nitro benzene ring substituents is 1. The first-order valence-electron chi connectivity index (χ1n) is 8.44. The molecular formula is C23H14N2O2. The number of non-ortho nitro benzene ring substituents is 1. The largest absolute Gasteiger partial charge is 0.270 e. The third kappa shape index (κ3) is 3.03. The van der Waals surface area contributed by atoms with Crippen LogP contribution < -0.4 is 0 Å². The average Bonchev–Trinajstić information content (AvgIpc) is 2.71. The van der Waals surface area contributed by atoms with Gasteiger partial charge in [0.2, 0.25) is 0 Å². The maximum atomic E-state index is 11.1. The Bertz CT molecular complexity index is 1210. The molecule has 0 unspecified atom stereocenters. The van der Waals surface area contributed by atoms with Crippen LogP contribution in [0.15, 0.2) is 78.9 Å². The highest BCUT2D eigenvalue weighted by molar-refractivity contribution is 6.10. The van der Waals surface area contributed by atoms with Gasteiger partial charge in [0.15, 0.2) is 0 Å². The van der Waals surface area contributed by atoms with E-state index in [2.05, 4.69) is 12.1 Å². The summed E-state index contributed by atoms with van der Waals surface area (Å²) < 4.78 is 0. The van der Waals surface area contributed by atoms with Gasteiger partial charge in [0.25, 0.3) is 5.69 Å². The van der Waals surface area contributed by atoms with Crippen LogP contribution in [-0.4, -0.2) is 4.92 Å². The summed E-state index contributed by atoms with van der Waals surface area (Å²) in [4.78, 5) is 10.6. The minimum absolute atomic E-state index is 0.0311. The first-order valence-corrected chi connectivity index (χ1v) is 8.44. The highest BCUT2D eigenvalue weighted by Crippen LogP contribution is 2.32. The molecule has 4 aromatic carbocycles. The summed E-state index contributed by atoms with van der Waals surface area (Å²) in [6, 6.07) is 26.5. The van der Waals surface area contributed by atoms with Gasteiger partial charge in [-0.05, 0) is 44.8 Å². The van der Waals surface area contributed by atoms with E-state index in [0.717, 1.165) is 27.1 Å². The van der Waals surface area contributed by atoms with Gasteiger partial charge in [0.1, 0.15) is 0 Å². The number of nitrogens with zero attached hydrogens (tertiary/aromatic N) is 2. The molecule has 0 fully saturated rings. The molecule has 128 valence electrons. The number of allylic oxidation sites excluding steroid dienone is 1. The van der Waals surface area contributed by atoms with Crippen LogP contribution >= 0.6 is 0 Å². The number of hydrogen-bond acceptors (Lipinski definition) is 3. The Labute approximate surface area is 155 Å². The zero-order valence-corrected chi connectivity index (χ0v) is 14.3. The number of fused-ring (bicyclic) bond motifs is 2. The van der Waals surface area contributed by atoms with Crippen molar-refractivity contribution in [3.05, 3.63) is 100 Å². The van der Waals surface area contributed by atoms with E-state index < -0.39 is 4.92 Å². The maximum Gasteiger partial charge on any atom is 0.270 e. The Balaban J connectivity index is 2.01. The second-order valence-electron chi connectivity index (χ2n) is 6.21. The molecule has 0 saturated carbocycles. The maximum absolute atomic E-state index is 11.1. The predicted octanol–water partition coefficient (Wildman–Crippen LogP) is 5.97. The lowest BCUT2D eigenvalue weighted by molar-refractivity contribution is -0.384. The number of benzene rings is 4. The number of nitriles is 1. The van der Waals surface area contributed by atoms with Crippen molar-refractivity contribution in [3.8, 4) is 6.07 Å². The molecule has 4 rings (SSSR count). The molecular weight excluding hydrogens is 336 g/mol. The van der Waals surface area contributed by atoms with Crippen LogP contribution in [0.3, 0.4) is 0 Å². The van der Waals surface area contributed by atoms with Crippen molar-refractivity contribution in [3.63, 3.8) is 0 Å². The van der Waals surface area contributed by atoms with E-state index in [0.29, 0.717) is 11.1 Å². The first kappa shape index (κ1) is 16.5. The summed E-state index contributed by atoms with van der Waals surface area (Å²) >= 11 is 0. The molecule has 0 aliphatic carbocycles. The molecule has 0 aromatic heterocycles. The number of hydrogen-bond donors (Lipinski definition) is 0. The van der Waals surface area contributed by atoms with E-state index in [9.17, 15) is 15.4 Å². The normalized spacial score (nSPS) is 11.4. The van der Waals surface area contributed by atoms with Gasteiger partial charge in [0, 0.05) is 12.1 Å². The van der Waals surface area contributed by atoms with Gasteiger partial charge in [-0.15, -0.1) is 0 Å². The summed E-state index contributed by atoms with van der Waals surface area (Å²) in [5, 5.41) is 25.0. The molecule has 0 saturated heterocycles. The monoisotopic (exact) mass is 350 g/mol. The van der Waals surface area contributed by atoms with Crippen LogP contribution in [0.4, 0.5) is 5.69 Å². The molecule has 0 amide bonds. The van der Waals surface area contributed by atoms with E-state index in [-0.39, 0.29) is 5.69 Å². The quantitative estimate of drug-likeness (QED) is 0.150. The summed E-state index contributed by atoms with van der Waals surface area (Å²) in [6.45, 7) is 0. The van der Waals surface area contributed by atoms with Crippen molar-refractivity contribution in [2.45, 2.75) is 0 Å². The Hall–Kier alpha value is -3.97. The van der Waals surface area contributed by atoms with Crippen LogP contribution in [-0.2, 0) is 0 Å². The third-order valence-electron chi connectivity index (χ3n) is 4.59. The Morgan fingerprint density at radius 2 is 1.52 bits per heavy atom. The molecule has 0 atom stereocenters. The zero-order valence-electron chi connectivity index (χ0n) is 14.3. The van der Waals surface area contributed by atoms with E-state index in [4.69, 9.17) is 0 Å². The summed E-state index contributed by atoms with van der Waals surface area (Å²) in [5.74, 6) is 0. The molecule has 0 spiro atoms. The molecule has 4 aromatic rings. The van der Waals surface area contributed by atoms with Gasteiger partial charge in [-0.3, -0.25) is 10.1 Å². The minimum Gasteiger partial charge on any atom is -0.258 e. The smallest absolute Gasteiger partial charge is 0.258 e. The van der Waals surface area contributed by atoms with Crippen molar-refractivity contribution in [1.82, 2.24) is 0 Å². The number of rotatable bonds is 3. The highest BCUT2D eigenvalue weighted by Gasteiger charge is 2.11. The van der Waals surface area contributed by atoms with E-state index in [1.807, 2.05) is 54.6 Å². The second kappa shape index (κ2) is 6.74. The lowest BCUT2D eigenvalue weighted by Gasteiger charge is -2.09. The predicted molar refractivity (Wildman–Crippen MR) is 108 cm³/mol. The van der Waals surface area contributed by atoms with Crippen LogP contribution in [0.2, 0.25) is 0 Å². The molecule has 0 N–H and O–H groups in total. The molecule has 0 aliphatic rings. The standard InChI is InChI=1S/C23H14N2O2/c24-15-19(16-8-5-9-20(13-16)25(26)27)14-23-21-10-3-1-6-17(21)12-18-7-2-4-11-22(18)23/h1-14H. The van der Waals surface area contributed by atoms with Gasteiger partial charge in [-0.1, -0.05) is 60.7 Å². The molecule has 0 aliphatic heterocycles. The SMILES string of the molecule is N#CC(=Cc1c2ccccc2cc2ccccc12)c1cccc([N+](=O)[O-])c1. The zero-order chi connectivity index (χ0) is 18.8. The van der Waals surface area contributed by atoms with Gasteiger partial charge < -0.3 is 0 Å². The van der Waals surface area contributed by atoms with Gasteiger partial charge in [-0.25, -0.2) is 0 Å². The second-order valence-corrected chi connectivity index (χ2v) is 6.21. The van der Waals surface area contributed by atoms with Gasteiger partial charge >= 0.3 is 0 Å². The third-order valence-corrected chi connectivity index (χ3v) is 4.59. The number of nitro groups is 1. The lowest BCUT2D eigenvalue weighted by atomic mass is 9.94. The summed E-state index contributed by atoms with van der Waals surface area (Å²) in [5.41, 5.74) is 1.83. The van der Waals surface area contributed by atoms with Crippen LogP contribution in [0, 0.1) is 21.4 Å². The van der Waals surface area contributed by atoms with E-state index >= 15 is 0 Å². The van der Waals surface area contributed by atoms with Crippen LogP contribution in [0.1, 0.15) is 11.1 Å². The van der Waals surface area contributed by atoms with Crippen molar-refractivity contribution in [2.75, 3.05) is 0 Å². The van der Waals surface area contributed by atoms with Gasteiger partial charge in [0.05, 0.1) is 16.6 Å². The van der Waals surface area contributed by atoms with Crippen molar-refractivity contribution in [1.29, 1.82) is 5.26 Å². The molecule has 0 bridgehead atoms. The molecule has 0 heterocycles. The fourth-order valence-corrected chi connectivity index (χ4v) is 3.32. The molecule has 0 radical (unpaired) electrons. The van der Waals surface area contributed by atoms with E-state index in [1.165, 1.54) is 12.1 Å². The average molecular weight is 350 g/mol. The van der Waals surface area contributed by atoms with Crippen molar-refractivity contribution < 1.29 is 4.92 Å². The molecule has 4 nitrogen and oxygen atoms in total. The summed E-state index contributed by atoms with van der Waals surface area (Å²) in [6.07, 6.45) is 1.82. The van der Waals surface area contributed by atoms with Crippen molar-refractivity contribution >= 4 is 38.9 Å². The molecule has 27 heavy (non-hydrogen) atoms. The first-order chi connectivity index (χ1) is 13.2. The highest BCUT2D eigenvalue weighted by atomic mass is 16.6. The van der Waals surface area contributed by atoms with Crippen molar-refractivity contribution in [2.24, 2.45) is 0 Å². The Morgan fingerprint density at radius 1 is 0.889 bits per heavy atom. The summed E-state index contributed by atoms with van der Waals surface area (Å²) in [7, 11) is 0. The fourth-order valence-electron chi connectivity index (χ4n) is 3.32. The Kier molecular flexibility index (Phi) is 4.12. The fraction of sp³-hybridized carbons (Fsp3) is 0. The van der Waals surface area contributed by atoms with Crippen LogP contribution in [0.5, 0.6) is 0 Å². The van der Waals surface area contributed by atoms with Crippen LogP contribution in [0.25, 0.3) is 33.2 Å². The topological polar surface area (TPSA) is 66.9 Å².